The number of ether oxygens (including phenoxy) is 1. The van der Waals surface area contributed by atoms with Crippen LogP contribution in [0.3, 0.4) is 0 Å². The first-order valence-electron chi connectivity index (χ1n) is 7.06. The Morgan fingerprint density at radius 3 is 2.68 bits per heavy atom. The summed E-state index contributed by atoms with van der Waals surface area (Å²) in [6.07, 6.45) is 3.32. The van der Waals surface area contributed by atoms with Crippen molar-refractivity contribution in [2.45, 2.75) is 32.1 Å². The molecule has 0 N–H and O–H groups in total. The predicted octanol–water partition coefficient (Wildman–Crippen LogP) is 3.25. The van der Waals surface area contributed by atoms with E-state index in [9.17, 15) is 0 Å². The molecule has 4 heteroatoms. The van der Waals surface area contributed by atoms with Crippen molar-refractivity contribution in [2.75, 3.05) is 31.7 Å². The van der Waals surface area contributed by atoms with Crippen molar-refractivity contribution in [3.63, 3.8) is 0 Å². The molecule has 0 bridgehead atoms. The van der Waals surface area contributed by atoms with Gasteiger partial charge in [-0.2, -0.15) is 0 Å². The monoisotopic (exact) mass is 282 g/mol. The zero-order valence-corrected chi connectivity index (χ0v) is 12.6. The highest BCUT2D eigenvalue weighted by molar-refractivity contribution is 6.17. The Balaban J connectivity index is 2.06. The van der Waals surface area contributed by atoms with Gasteiger partial charge in [0.1, 0.15) is 5.82 Å². The Kier molecular flexibility index (Phi) is 5.46. The summed E-state index contributed by atoms with van der Waals surface area (Å²) in [6.45, 7) is 5.14. The average molecular weight is 283 g/mol. The number of anilines is 1. The fourth-order valence-electron chi connectivity index (χ4n) is 2.62. The maximum Gasteiger partial charge on any atom is 0.129 e. The van der Waals surface area contributed by atoms with Crippen LogP contribution in [-0.4, -0.2) is 31.8 Å². The molecule has 2 rings (SSSR count). The second kappa shape index (κ2) is 7.11. The van der Waals surface area contributed by atoms with Crippen LogP contribution < -0.4 is 4.90 Å². The number of aryl methyl sites for hydroxylation is 1. The van der Waals surface area contributed by atoms with Crippen molar-refractivity contribution in [1.29, 1.82) is 0 Å². The molecule has 1 saturated heterocycles. The molecule has 0 saturated carbocycles. The standard InChI is InChI=1S/C15H23ClN2O/c1-3-14-8-13(10-16)9-15(17-14)18-6-4-12(5-7-18)11-19-2/h8-9,12H,3-7,10-11H2,1-2H3. The van der Waals surface area contributed by atoms with Crippen molar-refractivity contribution in [3.8, 4) is 0 Å². The van der Waals surface area contributed by atoms with E-state index < -0.39 is 0 Å². The number of halogens is 1. The minimum Gasteiger partial charge on any atom is -0.384 e. The molecule has 0 radical (unpaired) electrons. The number of pyridine rings is 1. The molecule has 1 aliphatic rings. The van der Waals surface area contributed by atoms with Crippen molar-refractivity contribution < 1.29 is 4.74 Å². The third-order valence-corrected chi connectivity index (χ3v) is 4.09. The number of hydrogen-bond acceptors (Lipinski definition) is 3. The summed E-state index contributed by atoms with van der Waals surface area (Å²) in [4.78, 5) is 7.11. The normalized spacial score (nSPS) is 16.9. The molecule has 1 fully saturated rings. The number of alkyl halides is 1. The summed E-state index contributed by atoms with van der Waals surface area (Å²) in [5.74, 6) is 2.34. The molecule has 0 aromatic carbocycles. The van der Waals surface area contributed by atoms with E-state index in [1.165, 1.54) is 18.4 Å². The van der Waals surface area contributed by atoms with Crippen LogP contribution in [0.25, 0.3) is 0 Å². The number of aromatic nitrogens is 1. The highest BCUT2D eigenvalue weighted by atomic mass is 35.5. The van der Waals surface area contributed by atoms with Gasteiger partial charge in [0.05, 0.1) is 0 Å². The minimum atomic E-state index is 0.558. The lowest BCUT2D eigenvalue weighted by atomic mass is 9.98. The number of hydrogen-bond donors (Lipinski definition) is 0. The van der Waals surface area contributed by atoms with Crippen LogP contribution in [-0.2, 0) is 17.0 Å². The molecule has 0 amide bonds. The van der Waals surface area contributed by atoms with E-state index in [1.807, 2.05) is 0 Å². The third kappa shape index (κ3) is 3.83. The molecule has 3 nitrogen and oxygen atoms in total. The van der Waals surface area contributed by atoms with E-state index in [2.05, 4.69) is 24.0 Å². The van der Waals surface area contributed by atoms with Gasteiger partial charge in [-0.25, -0.2) is 4.98 Å². The van der Waals surface area contributed by atoms with Crippen molar-refractivity contribution in [3.05, 3.63) is 23.4 Å². The van der Waals surface area contributed by atoms with Crippen LogP contribution in [0.4, 0.5) is 5.82 Å². The van der Waals surface area contributed by atoms with E-state index in [0.717, 1.165) is 37.6 Å². The van der Waals surface area contributed by atoms with Gasteiger partial charge >= 0.3 is 0 Å². The van der Waals surface area contributed by atoms with E-state index >= 15 is 0 Å². The van der Waals surface area contributed by atoms with Crippen molar-refractivity contribution in [1.82, 2.24) is 4.98 Å². The van der Waals surface area contributed by atoms with Gasteiger partial charge in [-0.1, -0.05) is 6.92 Å². The summed E-state index contributed by atoms with van der Waals surface area (Å²) in [6, 6.07) is 4.23. The molecule has 1 aliphatic heterocycles. The van der Waals surface area contributed by atoms with Gasteiger partial charge in [0, 0.05) is 38.4 Å². The van der Waals surface area contributed by atoms with Gasteiger partial charge < -0.3 is 9.64 Å². The van der Waals surface area contributed by atoms with Gasteiger partial charge in [-0.3, -0.25) is 0 Å². The summed E-state index contributed by atoms with van der Waals surface area (Å²) < 4.78 is 5.24. The minimum absolute atomic E-state index is 0.558. The Labute approximate surface area is 120 Å². The van der Waals surface area contributed by atoms with E-state index in [-0.39, 0.29) is 0 Å². The van der Waals surface area contributed by atoms with E-state index in [1.54, 1.807) is 7.11 Å². The fourth-order valence-corrected chi connectivity index (χ4v) is 2.77. The SMILES string of the molecule is CCc1cc(CCl)cc(N2CCC(COC)CC2)n1. The molecule has 0 atom stereocenters. The lowest BCUT2D eigenvalue weighted by Crippen LogP contribution is -2.35. The Hall–Kier alpha value is -0.800. The Morgan fingerprint density at radius 1 is 1.37 bits per heavy atom. The maximum atomic E-state index is 5.97. The maximum absolute atomic E-state index is 5.97. The number of nitrogens with zero attached hydrogens (tertiary/aromatic N) is 2. The molecule has 0 aliphatic carbocycles. The second-order valence-corrected chi connectivity index (χ2v) is 5.47. The molecular formula is C15H23ClN2O. The third-order valence-electron chi connectivity index (χ3n) is 3.78. The molecule has 19 heavy (non-hydrogen) atoms. The molecule has 2 heterocycles. The van der Waals surface area contributed by atoms with Gasteiger partial charge in [0.25, 0.3) is 0 Å². The van der Waals surface area contributed by atoms with Gasteiger partial charge in [0.15, 0.2) is 0 Å². The summed E-state index contributed by atoms with van der Waals surface area (Å²) >= 11 is 5.97. The zero-order valence-electron chi connectivity index (χ0n) is 11.9. The topological polar surface area (TPSA) is 25.4 Å². The van der Waals surface area contributed by atoms with Gasteiger partial charge in [-0.05, 0) is 42.9 Å². The van der Waals surface area contributed by atoms with Crippen LogP contribution >= 0.6 is 11.6 Å². The van der Waals surface area contributed by atoms with Crippen molar-refractivity contribution in [2.24, 2.45) is 5.92 Å². The molecule has 0 unspecified atom stereocenters. The van der Waals surface area contributed by atoms with Crippen LogP contribution in [0.2, 0.25) is 0 Å². The first-order chi connectivity index (χ1) is 9.26. The quantitative estimate of drug-likeness (QED) is 0.775. The summed E-state index contributed by atoms with van der Waals surface area (Å²) in [5.41, 5.74) is 2.30. The first-order valence-corrected chi connectivity index (χ1v) is 7.60. The molecular weight excluding hydrogens is 260 g/mol. The first kappa shape index (κ1) is 14.6. The lowest BCUT2D eigenvalue weighted by Gasteiger charge is -2.32. The largest absolute Gasteiger partial charge is 0.384 e. The predicted molar refractivity (Wildman–Crippen MR) is 80.0 cm³/mol. The number of piperidine rings is 1. The number of rotatable bonds is 5. The molecule has 1 aromatic rings. The van der Waals surface area contributed by atoms with E-state index in [0.29, 0.717) is 11.8 Å². The lowest BCUT2D eigenvalue weighted by molar-refractivity contribution is 0.139. The highest BCUT2D eigenvalue weighted by Gasteiger charge is 2.20. The summed E-state index contributed by atoms with van der Waals surface area (Å²) in [5, 5.41) is 0. The van der Waals surface area contributed by atoms with E-state index in [4.69, 9.17) is 21.3 Å². The van der Waals surface area contributed by atoms with Crippen LogP contribution in [0.1, 0.15) is 31.0 Å². The van der Waals surface area contributed by atoms with Gasteiger partial charge in [-0.15, -0.1) is 11.6 Å². The smallest absolute Gasteiger partial charge is 0.129 e. The molecule has 0 spiro atoms. The summed E-state index contributed by atoms with van der Waals surface area (Å²) in [7, 11) is 1.78. The second-order valence-electron chi connectivity index (χ2n) is 5.20. The Morgan fingerprint density at radius 2 is 2.11 bits per heavy atom. The average Bonchev–Trinajstić information content (AvgIpc) is 2.47. The van der Waals surface area contributed by atoms with Crippen LogP contribution in [0, 0.1) is 5.92 Å². The molecule has 1 aromatic heterocycles. The van der Waals surface area contributed by atoms with Crippen LogP contribution in [0.5, 0.6) is 0 Å². The van der Waals surface area contributed by atoms with Crippen molar-refractivity contribution >= 4 is 17.4 Å². The molecule has 106 valence electrons. The van der Waals surface area contributed by atoms with Gasteiger partial charge in [0.2, 0.25) is 0 Å². The fraction of sp³-hybridized carbons (Fsp3) is 0.667. The highest BCUT2D eigenvalue weighted by Crippen LogP contribution is 2.24. The Bertz CT molecular complexity index is 381. The van der Waals surface area contributed by atoms with Crippen LogP contribution in [0.15, 0.2) is 12.1 Å². The zero-order chi connectivity index (χ0) is 13.7. The number of methoxy groups -OCH3 is 1.